The fraction of sp³-hybridized carbons (Fsp3) is 0.500. The van der Waals surface area contributed by atoms with Crippen molar-refractivity contribution in [3.63, 3.8) is 0 Å². The van der Waals surface area contributed by atoms with Crippen LogP contribution in [0.4, 0.5) is 4.39 Å². The number of methoxy groups -OCH3 is 1. The summed E-state index contributed by atoms with van der Waals surface area (Å²) in [6.45, 7) is 3.73. The standard InChI is InChI=1S/C12H19FNO4P/c1-4-17-19(15,18-5-2)12(14)9-7-6-8-10(13)11(9)16-3/h6-8,12H,4-5,14H2,1-3H3/t12-/m1/s1. The van der Waals surface area contributed by atoms with Gasteiger partial charge in [0.05, 0.1) is 20.3 Å². The van der Waals surface area contributed by atoms with E-state index < -0.39 is 19.2 Å². The quantitative estimate of drug-likeness (QED) is 0.782. The first-order valence-corrected chi connectivity index (χ1v) is 7.58. The second-order valence-electron chi connectivity index (χ2n) is 3.68. The maximum absolute atomic E-state index is 13.6. The van der Waals surface area contributed by atoms with Crippen LogP contribution in [-0.4, -0.2) is 20.3 Å². The van der Waals surface area contributed by atoms with Gasteiger partial charge in [-0.05, 0) is 19.9 Å². The predicted molar refractivity (Wildman–Crippen MR) is 70.7 cm³/mol. The zero-order valence-corrected chi connectivity index (χ0v) is 12.2. The molecule has 7 heteroatoms. The molecule has 0 aliphatic heterocycles. The van der Waals surface area contributed by atoms with E-state index in [0.29, 0.717) is 0 Å². The molecule has 1 rings (SSSR count). The highest BCUT2D eigenvalue weighted by atomic mass is 31.2. The lowest BCUT2D eigenvalue weighted by atomic mass is 10.2. The molecule has 1 aromatic rings. The van der Waals surface area contributed by atoms with Crippen molar-refractivity contribution in [2.75, 3.05) is 20.3 Å². The van der Waals surface area contributed by atoms with Gasteiger partial charge >= 0.3 is 7.60 Å². The number of rotatable bonds is 7. The normalized spacial score (nSPS) is 13.3. The van der Waals surface area contributed by atoms with Crippen LogP contribution in [0.25, 0.3) is 0 Å². The van der Waals surface area contributed by atoms with E-state index >= 15 is 0 Å². The second-order valence-corrected chi connectivity index (χ2v) is 5.83. The molecule has 0 saturated heterocycles. The lowest BCUT2D eigenvalue weighted by molar-refractivity contribution is 0.211. The molecule has 0 aromatic heterocycles. The van der Waals surface area contributed by atoms with Gasteiger partial charge in [0.15, 0.2) is 11.6 Å². The topological polar surface area (TPSA) is 70.8 Å². The third-order valence-electron chi connectivity index (χ3n) is 2.48. The lowest BCUT2D eigenvalue weighted by Crippen LogP contribution is -2.16. The van der Waals surface area contributed by atoms with Gasteiger partial charge in [-0.2, -0.15) is 0 Å². The first kappa shape index (κ1) is 16.1. The minimum atomic E-state index is -3.56. The van der Waals surface area contributed by atoms with Crippen LogP contribution in [0.1, 0.15) is 25.2 Å². The Balaban J connectivity index is 3.20. The number of hydrogen-bond acceptors (Lipinski definition) is 5. The number of nitrogens with two attached hydrogens (primary N) is 1. The third-order valence-corrected chi connectivity index (χ3v) is 4.67. The largest absolute Gasteiger partial charge is 0.493 e. The van der Waals surface area contributed by atoms with Crippen molar-refractivity contribution >= 4 is 7.60 Å². The molecule has 0 aliphatic rings. The van der Waals surface area contributed by atoms with Gasteiger partial charge in [-0.15, -0.1) is 0 Å². The zero-order valence-electron chi connectivity index (χ0n) is 11.3. The molecule has 0 aliphatic carbocycles. The molecular formula is C12H19FNO4P. The van der Waals surface area contributed by atoms with Crippen molar-refractivity contribution in [1.82, 2.24) is 0 Å². The minimum absolute atomic E-state index is 0.0466. The van der Waals surface area contributed by atoms with Gasteiger partial charge in [-0.1, -0.05) is 12.1 Å². The summed E-state index contributed by atoms with van der Waals surface area (Å²) in [7, 11) is -2.24. The van der Waals surface area contributed by atoms with E-state index in [1.807, 2.05) is 0 Å². The number of ether oxygens (including phenoxy) is 1. The van der Waals surface area contributed by atoms with Gasteiger partial charge in [0, 0.05) is 5.56 Å². The molecular weight excluding hydrogens is 272 g/mol. The predicted octanol–water partition coefficient (Wildman–Crippen LogP) is 3.06. The van der Waals surface area contributed by atoms with Crippen LogP contribution in [0.5, 0.6) is 5.75 Å². The summed E-state index contributed by atoms with van der Waals surface area (Å²) in [6.07, 6.45) is 0. The molecule has 0 bridgehead atoms. The first-order valence-electron chi connectivity index (χ1n) is 5.96. The van der Waals surface area contributed by atoms with E-state index in [4.69, 9.17) is 19.5 Å². The maximum Gasteiger partial charge on any atom is 0.351 e. The van der Waals surface area contributed by atoms with Crippen LogP contribution in [0.3, 0.4) is 0 Å². The van der Waals surface area contributed by atoms with Crippen molar-refractivity contribution in [3.8, 4) is 5.75 Å². The Labute approximate surface area is 112 Å². The number of hydrogen-bond donors (Lipinski definition) is 1. The summed E-state index contributed by atoms with van der Waals surface area (Å²) in [4.78, 5) is 0. The first-order chi connectivity index (χ1) is 9.00. The highest BCUT2D eigenvalue weighted by molar-refractivity contribution is 7.54. The molecule has 108 valence electrons. The fourth-order valence-electron chi connectivity index (χ4n) is 1.70. The van der Waals surface area contributed by atoms with Crippen molar-refractivity contribution < 1.29 is 22.7 Å². The average molecular weight is 291 g/mol. The Morgan fingerprint density at radius 3 is 2.37 bits per heavy atom. The molecule has 0 amide bonds. The van der Waals surface area contributed by atoms with Gasteiger partial charge in [0.1, 0.15) is 5.78 Å². The van der Waals surface area contributed by atoms with E-state index in [9.17, 15) is 8.96 Å². The van der Waals surface area contributed by atoms with E-state index in [2.05, 4.69) is 0 Å². The molecule has 0 fully saturated rings. The Hall–Kier alpha value is -0.940. The number of para-hydroxylation sites is 1. The molecule has 2 N–H and O–H groups in total. The van der Waals surface area contributed by atoms with Crippen molar-refractivity contribution in [1.29, 1.82) is 0 Å². The molecule has 0 spiro atoms. The van der Waals surface area contributed by atoms with Crippen LogP contribution < -0.4 is 10.5 Å². The SMILES string of the molecule is CCOP(=O)(OCC)[C@@H](N)c1cccc(F)c1OC. The fourth-order valence-corrected chi connectivity index (χ4v) is 3.36. The van der Waals surface area contributed by atoms with Crippen molar-refractivity contribution in [3.05, 3.63) is 29.6 Å². The molecule has 19 heavy (non-hydrogen) atoms. The van der Waals surface area contributed by atoms with Crippen LogP contribution in [0.15, 0.2) is 18.2 Å². The van der Waals surface area contributed by atoms with Gasteiger partial charge < -0.3 is 19.5 Å². The van der Waals surface area contributed by atoms with Gasteiger partial charge in [-0.3, -0.25) is 4.57 Å². The monoisotopic (exact) mass is 291 g/mol. The Morgan fingerprint density at radius 2 is 1.89 bits per heavy atom. The van der Waals surface area contributed by atoms with E-state index in [1.165, 1.54) is 25.3 Å². The third kappa shape index (κ3) is 3.54. The summed E-state index contributed by atoms with van der Waals surface area (Å²) in [5.41, 5.74) is 6.19. The van der Waals surface area contributed by atoms with Crippen LogP contribution in [-0.2, 0) is 13.6 Å². The Morgan fingerprint density at radius 1 is 1.32 bits per heavy atom. The van der Waals surface area contributed by atoms with E-state index in [0.717, 1.165) is 0 Å². The summed E-state index contributed by atoms with van der Waals surface area (Å²) < 4.78 is 41.4. The van der Waals surface area contributed by atoms with Gasteiger partial charge in [-0.25, -0.2) is 4.39 Å². The molecule has 1 atom stereocenters. The Kier molecular flexibility index (Phi) is 5.94. The highest BCUT2D eigenvalue weighted by Crippen LogP contribution is 2.59. The lowest BCUT2D eigenvalue weighted by Gasteiger charge is -2.24. The second kappa shape index (κ2) is 7.01. The molecule has 0 saturated carbocycles. The van der Waals surface area contributed by atoms with Crippen LogP contribution in [0, 0.1) is 5.82 Å². The maximum atomic E-state index is 13.6. The van der Waals surface area contributed by atoms with Gasteiger partial charge in [0.25, 0.3) is 0 Å². The summed E-state index contributed by atoms with van der Waals surface area (Å²) in [5.74, 6) is -1.72. The Bertz CT molecular complexity index is 459. The summed E-state index contributed by atoms with van der Waals surface area (Å²) >= 11 is 0. The zero-order chi connectivity index (χ0) is 14.5. The van der Waals surface area contributed by atoms with Crippen molar-refractivity contribution in [2.24, 2.45) is 5.73 Å². The molecule has 0 radical (unpaired) electrons. The average Bonchev–Trinajstić information content (AvgIpc) is 2.38. The smallest absolute Gasteiger partial charge is 0.351 e. The summed E-state index contributed by atoms with van der Waals surface area (Å²) in [6, 6.07) is 4.24. The molecule has 0 heterocycles. The summed E-state index contributed by atoms with van der Waals surface area (Å²) in [5, 5.41) is 0. The van der Waals surface area contributed by atoms with Crippen molar-refractivity contribution in [2.45, 2.75) is 19.6 Å². The molecule has 1 aromatic carbocycles. The highest BCUT2D eigenvalue weighted by Gasteiger charge is 2.36. The van der Waals surface area contributed by atoms with Gasteiger partial charge in [0.2, 0.25) is 0 Å². The number of halogens is 1. The van der Waals surface area contributed by atoms with Crippen LogP contribution >= 0.6 is 7.60 Å². The minimum Gasteiger partial charge on any atom is -0.493 e. The molecule has 0 unspecified atom stereocenters. The molecule has 5 nitrogen and oxygen atoms in total. The van der Waals surface area contributed by atoms with E-state index in [1.54, 1.807) is 13.8 Å². The number of benzene rings is 1. The van der Waals surface area contributed by atoms with E-state index in [-0.39, 0.29) is 24.5 Å². The van der Waals surface area contributed by atoms with Crippen LogP contribution in [0.2, 0.25) is 0 Å².